The minimum atomic E-state index is -0.0573. The number of thioether (sulfide) groups is 1. The zero-order valence-electron chi connectivity index (χ0n) is 13.9. The Balaban J connectivity index is 1.64. The number of rotatable bonds is 4. The molecule has 0 bridgehead atoms. The molecule has 7 heteroatoms. The van der Waals surface area contributed by atoms with Crippen LogP contribution in [0.4, 0.5) is 0 Å². The number of benzene rings is 2. The molecule has 0 aliphatic rings. The molecule has 0 atom stereocenters. The predicted molar refractivity (Wildman–Crippen MR) is 101 cm³/mol. The SMILES string of the molecule is Cn1c(C(C#N)=C(O)CSc2nc3ccccc3o2)nc2ccccc21. The van der Waals surface area contributed by atoms with Gasteiger partial charge in [0.2, 0.25) is 0 Å². The van der Waals surface area contributed by atoms with Gasteiger partial charge < -0.3 is 14.1 Å². The number of aryl methyl sites for hydroxylation is 1. The first-order chi connectivity index (χ1) is 12.7. The topological polar surface area (TPSA) is 87.9 Å². The summed E-state index contributed by atoms with van der Waals surface area (Å²) in [5.74, 6) is 0.543. The average Bonchev–Trinajstić information content (AvgIpc) is 3.22. The van der Waals surface area contributed by atoms with Crippen LogP contribution >= 0.6 is 11.8 Å². The van der Waals surface area contributed by atoms with Gasteiger partial charge in [-0.25, -0.2) is 9.97 Å². The highest BCUT2D eigenvalue weighted by Gasteiger charge is 2.17. The Bertz CT molecular complexity index is 1150. The van der Waals surface area contributed by atoms with Gasteiger partial charge in [0.1, 0.15) is 22.9 Å². The first kappa shape index (κ1) is 16.2. The van der Waals surface area contributed by atoms with Crippen LogP contribution in [0, 0.1) is 11.3 Å². The standard InChI is InChI=1S/C19H14N4O2S/c1-23-15-8-4-2-6-13(15)21-18(23)12(10-20)16(24)11-26-19-22-14-7-3-5-9-17(14)25-19/h2-9,24H,11H2,1H3. The summed E-state index contributed by atoms with van der Waals surface area (Å²) in [6.07, 6.45) is 0. The van der Waals surface area contributed by atoms with Crippen LogP contribution in [0.3, 0.4) is 0 Å². The molecule has 128 valence electrons. The Hall–Kier alpha value is -3.24. The number of nitriles is 1. The normalized spacial score (nSPS) is 12.3. The molecule has 0 spiro atoms. The maximum atomic E-state index is 10.5. The number of fused-ring (bicyclic) bond motifs is 2. The smallest absolute Gasteiger partial charge is 0.257 e. The molecule has 0 aliphatic carbocycles. The van der Waals surface area contributed by atoms with Crippen molar-refractivity contribution in [1.82, 2.24) is 14.5 Å². The molecule has 0 amide bonds. The molecule has 2 aromatic carbocycles. The van der Waals surface area contributed by atoms with Crippen molar-refractivity contribution in [2.45, 2.75) is 5.22 Å². The number of hydrogen-bond acceptors (Lipinski definition) is 6. The molecule has 0 unspecified atom stereocenters. The highest BCUT2D eigenvalue weighted by Crippen LogP contribution is 2.27. The van der Waals surface area contributed by atoms with Gasteiger partial charge in [-0.2, -0.15) is 5.26 Å². The lowest BCUT2D eigenvalue weighted by molar-refractivity contribution is 0.419. The van der Waals surface area contributed by atoms with E-state index < -0.39 is 0 Å². The molecule has 0 saturated heterocycles. The number of oxazole rings is 1. The van der Waals surface area contributed by atoms with E-state index in [4.69, 9.17) is 4.42 Å². The molecular weight excluding hydrogens is 348 g/mol. The molecule has 4 rings (SSSR count). The lowest BCUT2D eigenvalue weighted by atomic mass is 10.2. The lowest BCUT2D eigenvalue weighted by Gasteiger charge is -2.04. The first-order valence-corrected chi connectivity index (χ1v) is 8.88. The number of allylic oxidation sites excluding steroid dienone is 1. The van der Waals surface area contributed by atoms with Gasteiger partial charge in [-0.15, -0.1) is 0 Å². The van der Waals surface area contributed by atoms with Crippen molar-refractivity contribution in [3.63, 3.8) is 0 Å². The molecule has 2 heterocycles. The van der Waals surface area contributed by atoms with Crippen LogP contribution in [-0.2, 0) is 7.05 Å². The number of nitrogens with zero attached hydrogens (tertiary/aromatic N) is 4. The fourth-order valence-electron chi connectivity index (χ4n) is 2.73. The summed E-state index contributed by atoms with van der Waals surface area (Å²) in [5.41, 5.74) is 3.27. The van der Waals surface area contributed by atoms with E-state index in [0.717, 1.165) is 16.6 Å². The van der Waals surface area contributed by atoms with Crippen molar-refractivity contribution in [2.24, 2.45) is 7.05 Å². The van der Waals surface area contributed by atoms with Crippen molar-refractivity contribution < 1.29 is 9.52 Å². The zero-order valence-corrected chi connectivity index (χ0v) is 14.7. The molecule has 26 heavy (non-hydrogen) atoms. The van der Waals surface area contributed by atoms with E-state index in [1.54, 1.807) is 4.57 Å². The van der Waals surface area contributed by atoms with Crippen molar-refractivity contribution in [1.29, 1.82) is 5.26 Å². The molecule has 1 N–H and O–H groups in total. The van der Waals surface area contributed by atoms with Gasteiger partial charge in [-0.3, -0.25) is 0 Å². The van der Waals surface area contributed by atoms with E-state index in [2.05, 4.69) is 16.0 Å². The van der Waals surface area contributed by atoms with Crippen molar-refractivity contribution in [2.75, 3.05) is 5.75 Å². The van der Waals surface area contributed by atoms with E-state index in [-0.39, 0.29) is 17.1 Å². The van der Waals surface area contributed by atoms with Gasteiger partial charge in [0.05, 0.1) is 16.8 Å². The summed E-state index contributed by atoms with van der Waals surface area (Å²) in [4.78, 5) is 8.82. The van der Waals surface area contributed by atoms with Crippen molar-refractivity contribution >= 4 is 39.5 Å². The summed E-state index contributed by atoms with van der Waals surface area (Å²) in [6.45, 7) is 0. The summed E-state index contributed by atoms with van der Waals surface area (Å²) in [5, 5.41) is 20.4. The van der Waals surface area contributed by atoms with E-state index in [1.807, 2.05) is 55.6 Å². The zero-order chi connectivity index (χ0) is 18.1. The summed E-state index contributed by atoms with van der Waals surface area (Å²) >= 11 is 1.23. The van der Waals surface area contributed by atoms with Crippen LogP contribution < -0.4 is 0 Å². The van der Waals surface area contributed by atoms with Crippen molar-refractivity contribution in [3.05, 3.63) is 60.1 Å². The summed E-state index contributed by atoms with van der Waals surface area (Å²) < 4.78 is 7.42. The number of aliphatic hydroxyl groups excluding tert-OH is 1. The lowest BCUT2D eigenvalue weighted by Crippen LogP contribution is -2.00. The third-order valence-electron chi connectivity index (χ3n) is 4.02. The van der Waals surface area contributed by atoms with Gasteiger partial charge >= 0.3 is 0 Å². The number of hydrogen-bond donors (Lipinski definition) is 1. The van der Waals surface area contributed by atoms with Crippen LogP contribution in [-0.4, -0.2) is 25.4 Å². The van der Waals surface area contributed by atoms with Crippen LogP contribution in [0.1, 0.15) is 5.82 Å². The van der Waals surface area contributed by atoms with Gasteiger partial charge in [-0.1, -0.05) is 36.0 Å². The van der Waals surface area contributed by atoms with Crippen LogP contribution in [0.25, 0.3) is 27.7 Å². The quantitative estimate of drug-likeness (QED) is 0.331. The van der Waals surface area contributed by atoms with Gasteiger partial charge in [-0.05, 0) is 24.3 Å². The van der Waals surface area contributed by atoms with Gasteiger partial charge in [0.25, 0.3) is 5.22 Å². The fourth-order valence-corrected chi connectivity index (χ4v) is 3.44. The predicted octanol–water partition coefficient (Wildman–Crippen LogP) is 4.30. The largest absolute Gasteiger partial charge is 0.510 e. The van der Waals surface area contributed by atoms with Crippen LogP contribution in [0.2, 0.25) is 0 Å². The Labute approximate surface area is 153 Å². The Morgan fingerprint density at radius 2 is 1.88 bits per heavy atom. The fraction of sp³-hybridized carbons (Fsp3) is 0.105. The third-order valence-corrected chi connectivity index (χ3v) is 4.86. The van der Waals surface area contributed by atoms with Gasteiger partial charge in [0, 0.05) is 7.05 Å². The number of aliphatic hydroxyl groups is 1. The maximum Gasteiger partial charge on any atom is 0.257 e. The molecule has 0 aliphatic heterocycles. The average molecular weight is 362 g/mol. The van der Waals surface area contributed by atoms with Crippen LogP contribution in [0.15, 0.2) is 63.9 Å². The van der Waals surface area contributed by atoms with Crippen LogP contribution in [0.5, 0.6) is 0 Å². The van der Waals surface area contributed by atoms with E-state index >= 15 is 0 Å². The van der Waals surface area contributed by atoms with Crippen molar-refractivity contribution in [3.8, 4) is 6.07 Å². The second kappa shape index (κ2) is 6.58. The highest BCUT2D eigenvalue weighted by atomic mass is 32.2. The number of aromatic nitrogens is 3. The Kier molecular flexibility index (Phi) is 4.11. The monoisotopic (exact) mass is 362 g/mol. The second-order valence-electron chi connectivity index (χ2n) is 5.65. The number of imidazole rings is 1. The molecule has 6 nitrogen and oxygen atoms in total. The Morgan fingerprint density at radius 3 is 2.62 bits per heavy atom. The number of para-hydroxylation sites is 4. The summed E-state index contributed by atoms with van der Waals surface area (Å²) in [6, 6.07) is 17.1. The minimum Gasteiger partial charge on any atom is -0.510 e. The molecule has 4 aromatic rings. The summed E-state index contributed by atoms with van der Waals surface area (Å²) in [7, 11) is 1.82. The third kappa shape index (κ3) is 2.80. The molecular formula is C19H14N4O2S. The van der Waals surface area contributed by atoms with E-state index in [1.165, 1.54) is 11.8 Å². The Morgan fingerprint density at radius 1 is 1.15 bits per heavy atom. The van der Waals surface area contributed by atoms with E-state index in [0.29, 0.717) is 16.6 Å². The first-order valence-electron chi connectivity index (χ1n) is 7.90. The molecule has 2 aromatic heterocycles. The highest BCUT2D eigenvalue weighted by molar-refractivity contribution is 7.99. The van der Waals surface area contributed by atoms with Gasteiger partial charge in [0.15, 0.2) is 11.4 Å². The van der Waals surface area contributed by atoms with E-state index in [9.17, 15) is 10.4 Å². The molecule has 0 saturated carbocycles. The second-order valence-corrected chi connectivity index (χ2v) is 6.58. The maximum absolute atomic E-state index is 10.5. The minimum absolute atomic E-state index is 0.0573. The molecule has 0 fully saturated rings. The molecule has 0 radical (unpaired) electrons.